The van der Waals surface area contributed by atoms with Crippen molar-refractivity contribution in [2.24, 2.45) is 0 Å². The Morgan fingerprint density at radius 3 is 2.21 bits per heavy atom. The SMILES string of the molecule is CC(C)c1nc(-c2ccccc2)nc(-c2cccc3sc4ccccc4c23)n1. The fraction of sp³-hybridized carbons (Fsp3) is 0.125. The Bertz CT molecular complexity index is 1290. The largest absolute Gasteiger partial charge is 0.213 e. The maximum atomic E-state index is 4.88. The van der Waals surface area contributed by atoms with Crippen LogP contribution in [0, 0.1) is 0 Å². The molecule has 0 radical (unpaired) electrons. The van der Waals surface area contributed by atoms with Crippen LogP contribution in [0.15, 0.2) is 72.8 Å². The summed E-state index contributed by atoms with van der Waals surface area (Å²) in [5, 5.41) is 2.48. The third kappa shape index (κ3) is 2.86. The minimum atomic E-state index is 0.225. The number of nitrogens with zero attached hydrogens (tertiary/aromatic N) is 3. The summed E-state index contributed by atoms with van der Waals surface area (Å²) in [6, 6.07) is 25.0. The van der Waals surface area contributed by atoms with Crippen molar-refractivity contribution in [1.29, 1.82) is 0 Å². The lowest BCUT2D eigenvalue weighted by atomic mass is 10.1. The van der Waals surface area contributed by atoms with Gasteiger partial charge in [0, 0.05) is 37.2 Å². The van der Waals surface area contributed by atoms with E-state index in [1.807, 2.05) is 41.7 Å². The third-order valence-electron chi connectivity index (χ3n) is 4.84. The molecule has 4 heteroatoms. The molecule has 5 rings (SSSR count). The van der Waals surface area contributed by atoms with E-state index in [4.69, 9.17) is 15.0 Å². The predicted molar refractivity (Wildman–Crippen MR) is 118 cm³/mol. The zero-order chi connectivity index (χ0) is 19.1. The van der Waals surface area contributed by atoms with Crippen molar-refractivity contribution >= 4 is 31.5 Å². The number of hydrogen-bond acceptors (Lipinski definition) is 4. The lowest BCUT2D eigenvalue weighted by Crippen LogP contribution is -2.04. The summed E-state index contributed by atoms with van der Waals surface area (Å²) in [6.45, 7) is 4.24. The molecule has 0 aliphatic carbocycles. The van der Waals surface area contributed by atoms with Crippen LogP contribution in [0.25, 0.3) is 42.9 Å². The van der Waals surface area contributed by atoms with Crippen molar-refractivity contribution < 1.29 is 0 Å². The third-order valence-corrected chi connectivity index (χ3v) is 5.98. The van der Waals surface area contributed by atoms with Crippen LogP contribution in [0.1, 0.15) is 25.6 Å². The molecule has 3 nitrogen and oxygen atoms in total. The Kier molecular flexibility index (Phi) is 4.14. The number of rotatable bonds is 3. The topological polar surface area (TPSA) is 38.7 Å². The molecule has 0 bridgehead atoms. The van der Waals surface area contributed by atoms with E-state index in [0.717, 1.165) is 28.6 Å². The van der Waals surface area contributed by atoms with Crippen LogP contribution in [0.5, 0.6) is 0 Å². The van der Waals surface area contributed by atoms with Crippen LogP contribution >= 0.6 is 11.3 Å². The zero-order valence-electron chi connectivity index (χ0n) is 15.8. The van der Waals surface area contributed by atoms with Gasteiger partial charge in [-0.25, -0.2) is 15.0 Å². The molecule has 0 aliphatic heterocycles. The Morgan fingerprint density at radius 2 is 1.39 bits per heavy atom. The van der Waals surface area contributed by atoms with Crippen molar-refractivity contribution in [3.05, 3.63) is 78.6 Å². The summed E-state index contributed by atoms with van der Waals surface area (Å²) >= 11 is 1.81. The van der Waals surface area contributed by atoms with Crippen molar-refractivity contribution in [2.75, 3.05) is 0 Å². The van der Waals surface area contributed by atoms with Crippen molar-refractivity contribution in [2.45, 2.75) is 19.8 Å². The standard InChI is InChI=1S/C24H19N3S/c1-15(2)22-25-23(16-9-4-3-5-10-16)27-24(26-22)18-12-8-14-20-21(18)17-11-6-7-13-19(17)28-20/h3-15H,1-2H3. The fourth-order valence-electron chi connectivity index (χ4n) is 3.45. The Labute approximate surface area is 167 Å². The number of hydrogen-bond donors (Lipinski definition) is 0. The maximum Gasteiger partial charge on any atom is 0.164 e. The van der Waals surface area contributed by atoms with E-state index < -0.39 is 0 Å². The fourth-order valence-corrected chi connectivity index (χ4v) is 4.58. The van der Waals surface area contributed by atoms with E-state index >= 15 is 0 Å². The van der Waals surface area contributed by atoms with Gasteiger partial charge in [0.15, 0.2) is 11.6 Å². The second kappa shape index (κ2) is 6.80. The van der Waals surface area contributed by atoms with Gasteiger partial charge in [0.1, 0.15) is 5.82 Å². The molecule has 0 saturated heterocycles. The molecule has 0 amide bonds. The van der Waals surface area contributed by atoms with Crippen LogP contribution in [0.2, 0.25) is 0 Å². The first-order chi connectivity index (χ1) is 13.7. The van der Waals surface area contributed by atoms with Gasteiger partial charge in [-0.1, -0.05) is 74.5 Å². The number of benzene rings is 3. The van der Waals surface area contributed by atoms with Gasteiger partial charge in [-0.05, 0) is 12.1 Å². The zero-order valence-corrected chi connectivity index (χ0v) is 16.6. The first kappa shape index (κ1) is 17.0. The quantitative estimate of drug-likeness (QED) is 0.349. The normalized spacial score (nSPS) is 11.5. The van der Waals surface area contributed by atoms with Crippen molar-refractivity contribution in [3.63, 3.8) is 0 Å². The second-order valence-electron chi connectivity index (χ2n) is 7.14. The van der Waals surface area contributed by atoms with Gasteiger partial charge in [-0.2, -0.15) is 0 Å². The highest BCUT2D eigenvalue weighted by atomic mass is 32.1. The first-order valence-corrected chi connectivity index (χ1v) is 10.2. The van der Waals surface area contributed by atoms with Gasteiger partial charge < -0.3 is 0 Å². The lowest BCUT2D eigenvalue weighted by Gasteiger charge is -2.10. The van der Waals surface area contributed by atoms with Gasteiger partial charge in [0.2, 0.25) is 0 Å². The smallest absolute Gasteiger partial charge is 0.164 e. The molecular weight excluding hydrogens is 362 g/mol. The van der Waals surface area contributed by atoms with Crippen LogP contribution in [-0.2, 0) is 0 Å². The highest BCUT2D eigenvalue weighted by molar-refractivity contribution is 7.25. The molecule has 2 heterocycles. The lowest BCUT2D eigenvalue weighted by molar-refractivity contribution is 0.766. The van der Waals surface area contributed by atoms with Gasteiger partial charge in [-0.15, -0.1) is 11.3 Å². The number of aromatic nitrogens is 3. The predicted octanol–water partition coefficient (Wildman–Crippen LogP) is 6.70. The van der Waals surface area contributed by atoms with Crippen molar-refractivity contribution in [1.82, 2.24) is 15.0 Å². The monoisotopic (exact) mass is 381 g/mol. The summed E-state index contributed by atoms with van der Waals surface area (Å²) in [7, 11) is 0. The Balaban J connectivity index is 1.81. The van der Waals surface area contributed by atoms with Crippen LogP contribution in [0.4, 0.5) is 0 Å². The molecule has 2 aromatic heterocycles. The molecule has 0 saturated carbocycles. The second-order valence-corrected chi connectivity index (χ2v) is 8.22. The molecule has 0 N–H and O–H groups in total. The molecular formula is C24H19N3S. The average Bonchev–Trinajstić information content (AvgIpc) is 3.13. The van der Waals surface area contributed by atoms with Crippen LogP contribution in [-0.4, -0.2) is 15.0 Å². The number of fused-ring (bicyclic) bond motifs is 3. The molecule has 0 spiro atoms. The first-order valence-electron chi connectivity index (χ1n) is 9.43. The molecule has 0 unspecified atom stereocenters. The summed E-state index contributed by atoms with van der Waals surface area (Å²) in [6.07, 6.45) is 0. The summed E-state index contributed by atoms with van der Waals surface area (Å²) < 4.78 is 2.54. The molecule has 136 valence electrons. The number of thiophene rings is 1. The summed E-state index contributed by atoms with van der Waals surface area (Å²) in [4.78, 5) is 14.5. The molecule has 0 atom stereocenters. The van der Waals surface area contributed by atoms with Crippen LogP contribution < -0.4 is 0 Å². The van der Waals surface area contributed by atoms with Gasteiger partial charge in [-0.3, -0.25) is 0 Å². The van der Waals surface area contributed by atoms with Gasteiger partial charge >= 0.3 is 0 Å². The highest BCUT2D eigenvalue weighted by Gasteiger charge is 2.16. The van der Waals surface area contributed by atoms with E-state index in [1.54, 1.807) is 0 Å². The molecule has 3 aromatic carbocycles. The van der Waals surface area contributed by atoms with Gasteiger partial charge in [0.05, 0.1) is 0 Å². The molecule has 0 aliphatic rings. The highest BCUT2D eigenvalue weighted by Crippen LogP contribution is 2.39. The van der Waals surface area contributed by atoms with E-state index in [9.17, 15) is 0 Å². The molecule has 0 fully saturated rings. The Hall–Kier alpha value is -3.11. The summed E-state index contributed by atoms with van der Waals surface area (Å²) in [5.74, 6) is 2.51. The van der Waals surface area contributed by atoms with Crippen LogP contribution in [0.3, 0.4) is 0 Å². The molecule has 28 heavy (non-hydrogen) atoms. The molecule has 5 aromatic rings. The van der Waals surface area contributed by atoms with E-state index in [1.165, 1.54) is 20.2 Å². The van der Waals surface area contributed by atoms with Gasteiger partial charge in [0.25, 0.3) is 0 Å². The van der Waals surface area contributed by atoms with Crippen molar-refractivity contribution in [3.8, 4) is 22.8 Å². The maximum absolute atomic E-state index is 4.88. The van der Waals surface area contributed by atoms with E-state index in [-0.39, 0.29) is 5.92 Å². The average molecular weight is 382 g/mol. The van der Waals surface area contributed by atoms with E-state index in [2.05, 4.69) is 56.3 Å². The minimum absolute atomic E-state index is 0.225. The summed E-state index contributed by atoms with van der Waals surface area (Å²) in [5.41, 5.74) is 2.08. The minimum Gasteiger partial charge on any atom is -0.213 e. The van der Waals surface area contributed by atoms with E-state index in [0.29, 0.717) is 0 Å². The Morgan fingerprint density at radius 1 is 0.679 bits per heavy atom.